The summed E-state index contributed by atoms with van der Waals surface area (Å²) in [6.45, 7) is 8.70. The molecule has 3 heterocycles. The third-order valence-electron chi connectivity index (χ3n) is 9.95. The number of rotatable bonds is 8. The standard InChI is InChI=1S/C33H48N6O4/c1-6-18-38-31(42)28(29(40)24-10-8-7-9-11-24)34-32(43)33(38)16-19-37(20-17-33)21-27-22(2)35-39(23(27)3)26-14-12-25(13-15-26)30(41)36(4)5/h12-15,24,28-29,40H,6-11,16-21H2,1-5H3,(H,34,43)/t28-,29-/m1/s1. The molecule has 2 atom stereocenters. The molecule has 10 nitrogen and oxygen atoms in total. The van der Waals surface area contributed by atoms with Crippen molar-refractivity contribution in [3.63, 3.8) is 0 Å². The molecule has 3 amide bonds. The Morgan fingerprint density at radius 1 is 1.09 bits per heavy atom. The van der Waals surface area contributed by atoms with Crippen LogP contribution in [0.2, 0.25) is 0 Å². The van der Waals surface area contributed by atoms with E-state index in [1.807, 2.05) is 42.8 Å². The summed E-state index contributed by atoms with van der Waals surface area (Å²) in [4.78, 5) is 45.6. The first-order chi connectivity index (χ1) is 20.6. The Morgan fingerprint density at radius 2 is 1.74 bits per heavy atom. The lowest BCUT2D eigenvalue weighted by molar-refractivity contribution is -0.165. The smallest absolute Gasteiger partial charge is 0.253 e. The number of benzene rings is 1. The summed E-state index contributed by atoms with van der Waals surface area (Å²) in [6, 6.07) is 6.65. The fraction of sp³-hybridized carbons (Fsp3) is 0.636. The second-order valence-corrected chi connectivity index (χ2v) is 12.9. The van der Waals surface area contributed by atoms with E-state index in [9.17, 15) is 19.5 Å². The molecular formula is C33H48N6O4. The normalized spacial score (nSPS) is 22.1. The first-order valence-corrected chi connectivity index (χ1v) is 16.0. The van der Waals surface area contributed by atoms with Crippen molar-refractivity contribution in [1.29, 1.82) is 0 Å². The van der Waals surface area contributed by atoms with Crippen molar-refractivity contribution in [2.75, 3.05) is 33.7 Å². The van der Waals surface area contributed by atoms with E-state index < -0.39 is 17.7 Å². The van der Waals surface area contributed by atoms with Crippen LogP contribution in [-0.4, -0.2) is 98.7 Å². The van der Waals surface area contributed by atoms with Gasteiger partial charge >= 0.3 is 0 Å². The number of amides is 3. The van der Waals surface area contributed by atoms with Crippen LogP contribution in [0.15, 0.2) is 24.3 Å². The lowest BCUT2D eigenvalue weighted by atomic mass is 9.78. The van der Waals surface area contributed by atoms with Crippen molar-refractivity contribution in [2.24, 2.45) is 5.92 Å². The Balaban J connectivity index is 1.28. The maximum absolute atomic E-state index is 13.8. The van der Waals surface area contributed by atoms with E-state index in [0.29, 0.717) is 44.6 Å². The minimum Gasteiger partial charge on any atom is -0.390 e. The fourth-order valence-corrected chi connectivity index (χ4v) is 7.33. The number of nitrogens with zero attached hydrogens (tertiary/aromatic N) is 5. The van der Waals surface area contributed by atoms with Gasteiger partial charge in [-0.3, -0.25) is 19.3 Å². The minimum absolute atomic E-state index is 0.0368. The van der Waals surface area contributed by atoms with Crippen molar-refractivity contribution in [1.82, 2.24) is 29.8 Å². The van der Waals surface area contributed by atoms with Gasteiger partial charge in [0, 0.05) is 57.1 Å². The highest BCUT2D eigenvalue weighted by atomic mass is 16.3. The highest BCUT2D eigenvalue weighted by Gasteiger charge is 2.55. The van der Waals surface area contributed by atoms with Gasteiger partial charge in [0.1, 0.15) is 11.6 Å². The van der Waals surface area contributed by atoms with Crippen molar-refractivity contribution >= 4 is 17.7 Å². The van der Waals surface area contributed by atoms with Crippen LogP contribution in [0.1, 0.15) is 85.6 Å². The monoisotopic (exact) mass is 592 g/mol. The second kappa shape index (κ2) is 12.8. The summed E-state index contributed by atoms with van der Waals surface area (Å²) in [5, 5.41) is 19.0. The van der Waals surface area contributed by atoms with Crippen molar-refractivity contribution in [3.05, 3.63) is 46.8 Å². The summed E-state index contributed by atoms with van der Waals surface area (Å²) in [6.07, 6.45) is 6.17. The molecule has 2 N–H and O–H groups in total. The van der Waals surface area contributed by atoms with Crippen LogP contribution in [0.25, 0.3) is 5.69 Å². The summed E-state index contributed by atoms with van der Waals surface area (Å²) < 4.78 is 1.92. The molecule has 1 spiro atoms. The van der Waals surface area contributed by atoms with Crippen LogP contribution in [0.4, 0.5) is 0 Å². The van der Waals surface area contributed by atoms with Gasteiger partial charge < -0.3 is 20.2 Å². The average Bonchev–Trinajstić information content (AvgIpc) is 3.30. The van der Waals surface area contributed by atoms with E-state index in [0.717, 1.165) is 54.7 Å². The van der Waals surface area contributed by atoms with Crippen molar-refractivity contribution in [3.8, 4) is 5.69 Å². The molecule has 0 bridgehead atoms. The quantitative estimate of drug-likeness (QED) is 0.487. The lowest BCUT2D eigenvalue weighted by Gasteiger charge is -2.52. The number of piperidine rings is 1. The molecule has 1 aromatic heterocycles. The summed E-state index contributed by atoms with van der Waals surface area (Å²) in [5.74, 6) is -0.214. The zero-order valence-corrected chi connectivity index (χ0v) is 26.4. The Morgan fingerprint density at radius 3 is 2.35 bits per heavy atom. The zero-order chi connectivity index (χ0) is 30.9. The highest BCUT2D eigenvalue weighted by molar-refractivity contribution is 6.00. The van der Waals surface area contributed by atoms with E-state index in [2.05, 4.69) is 17.1 Å². The fourth-order valence-electron chi connectivity index (χ4n) is 7.33. The molecule has 1 aliphatic carbocycles. The van der Waals surface area contributed by atoms with E-state index in [-0.39, 0.29) is 23.6 Å². The number of nitrogens with one attached hydrogen (secondary N) is 1. The number of aliphatic hydroxyl groups excluding tert-OH is 1. The Kier molecular flexibility index (Phi) is 9.27. The number of piperazine rings is 1. The SMILES string of the molecule is CCCN1C(=O)[C@@H]([C@H](O)C2CCCCC2)NC(=O)C12CCN(Cc1c(C)nn(-c3ccc(C(=O)N(C)C)cc3)c1C)CC2. The van der Waals surface area contributed by atoms with Gasteiger partial charge in [-0.25, -0.2) is 4.68 Å². The van der Waals surface area contributed by atoms with Gasteiger partial charge in [-0.05, 0) is 76.1 Å². The molecule has 3 fully saturated rings. The number of carbonyl (C=O) groups excluding carboxylic acids is 3. The van der Waals surface area contributed by atoms with E-state index >= 15 is 0 Å². The molecule has 2 aromatic rings. The van der Waals surface area contributed by atoms with Crippen LogP contribution < -0.4 is 5.32 Å². The number of hydrogen-bond donors (Lipinski definition) is 2. The average molecular weight is 593 g/mol. The van der Waals surface area contributed by atoms with Crippen LogP contribution in [0.3, 0.4) is 0 Å². The Labute approximate surface area is 255 Å². The molecule has 3 aliphatic rings. The number of hydrogen-bond acceptors (Lipinski definition) is 6. The molecule has 2 aliphatic heterocycles. The maximum Gasteiger partial charge on any atom is 0.253 e. The van der Waals surface area contributed by atoms with Gasteiger partial charge in [-0.2, -0.15) is 5.10 Å². The van der Waals surface area contributed by atoms with Gasteiger partial charge in [0.05, 0.1) is 17.5 Å². The number of carbonyl (C=O) groups is 3. The summed E-state index contributed by atoms with van der Waals surface area (Å²) >= 11 is 0. The van der Waals surface area contributed by atoms with Gasteiger partial charge in [-0.1, -0.05) is 26.2 Å². The van der Waals surface area contributed by atoms with Gasteiger partial charge in [0.2, 0.25) is 11.8 Å². The molecule has 0 unspecified atom stereocenters. The first kappa shape index (κ1) is 31.2. The lowest BCUT2D eigenvalue weighted by Crippen LogP contribution is -2.75. The Hall–Kier alpha value is -3.24. The predicted molar refractivity (Wildman–Crippen MR) is 165 cm³/mol. The van der Waals surface area contributed by atoms with E-state index in [1.165, 1.54) is 6.42 Å². The van der Waals surface area contributed by atoms with Gasteiger partial charge in [0.15, 0.2) is 0 Å². The van der Waals surface area contributed by atoms with Gasteiger partial charge in [0.25, 0.3) is 5.91 Å². The van der Waals surface area contributed by atoms with Crippen molar-refractivity contribution < 1.29 is 19.5 Å². The number of aromatic nitrogens is 2. The third-order valence-corrected chi connectivity index (χ3v) is 9.95. The molecule has 1 aromatic carbocycles. The molecular weight excluding hydrogens is 544 g/mol. The predicted octanol–water partition coefficient (Wildman–Crippen LogP) is 3.20. The van der Waals surface area contributed by atoms with E-state index in [4.69, 9.17) is 5.10 Å². The molecule has 5 rings (SSSR count). The van der Waals surface area contributed by atoms with Crippen LogP contribution in [-0.2, 0) is 16.1 Å². The number of aryl methyl sites for hydroxylation is 1. The largest absolute Gasteiger partial charge is 0.390 e. The molecule has 43 heavy (non-hydrogen) atoms. The third kappa shape index (κ3) is 5.96. The van der Waals surface area contributed by atoms with E-state index in [1.54, 1.807) is 23.9 Å². The number of likely N-dealkylation sites (tertiary alicyclic amines) is 1. The summed E-state index contributed by atoms with van der Waals surface area (Å²) in [7, 11) is 3.48. The molecule has 1 saturated carbocycles. The molecule has 2 saturated heterocycles. The maximum atomic E-state index is 13.8. The van der Waals surface area contributed by atoms with Crippen LogP contribution in [0, 0.1) is 19.8 Å². The van der Waals surface area contributed by atoms with Crippen molar-refractivity contribution in [2.45, 2.75) is 96.4 Å². The van der Waals surface area contributed by atoms with Gasteiger partial charge in [-0.15, -0.1) is 0 Å². The molecule has 10 heteroatoms. The number of aliphatic hydroxyl groups is 1. The summed E-state index contributed by atoms with van der Waals surface area (Å²) in [5.41, 5.74) is 3.81. The Bertz CT molecular complexity index is 1320. The molecule has 0 radical (unpaired) electrons. The van der Waals surface area contributed by atoms with Crippen LogP contribution >= 0.6 is 0 Å². The second-order valence-electron chi connectivity index (χ2n) is 12.9. The van der Waals surface area contributed by atoms with Crippen LogP contribution in [0.5, 0.6) is 0 Å². The highest BCUT2D eigenvalue weighted by Crippen LogP contribution is 2.36. The first-order valence-electron chi connectivity index (χ1n) is 16.0. The topological polar surface area (TPSA) is 111 Å². The molecule has 234 valence electrons. The minimum atomic E-state index is -0.869. The zero-order valence-electron chi connectivity index (χ0n) is 26.4.